The molecule has 1 aliphatic rings. The fraction of sp³-hybridized carbons (Fsp3) is 0.312. The predicted octanol–water partition coefficient (Wildman–Crippen LogP) is 3.59. The van der Waals surface area contributed by atoms with Crippen molar-refractivity contribution in [3.05, 3.63) is 45.6 Å². The van der Waals surface area contributed by atoms with E-state index < -0.39 is 0 Å². The Morgan fingerprint density at radius 1 is 1.30 bits per heavy atom. The highest BCUT2D eigenvalue weighted by molar-refractivity contribution is 7.99. The van der Waals surface area contributed by atoms with Gasteiger partial charge in [0.15, 0.2) is 11.5 Å². The van der Waals surface area contributed by atoms with Gasteiger partial charge in [0.05, 0.1) is 16.6 Å². The summed E-state index contributed by atoms with van der Waals surface area (Å²) in [6.45, 7) is 0.886. The summed E-state index contributed by atoms with van der Waals surface area (Å²) in [6, 6.07) is 11.4. The standard InChI is InChI=1S/C16H16ClNO3S2/c17-15-6-5-12(23-15)9-22-10-16(19)18-7-11-8-20-13-3-1-2-4-14(13)21-11/h1-6,11H,7-10H2,(H,18,19)/t11-/m0/s1. The Balaban J connectivity index is 1.36. The van der Waals surface area contributed by atoms with Crippen LogP contribution in [0.4, 0.5) is 0 Å². The van der Waals surface area contributed by atoms with E-state index in [1.165, 1.54) is 4.88 Å². The monoisotopic (exact) mass is 369 g/mol. The zero-order chi connectivity index (χ0) is 16.1. The maximum Gasteiger partial charge on any atom is 0.230 e. The fourth-order valence-electron chi connectivity index (χ4n) is 2.12. The summed E-state index contributed by atoms with van der Waals surface area (Å²) in [5, 5.41) is 2.89. The van der Waals surface area contributed by atoms with Gasteiger partial charge in [0.25, 0.3) is 0 Å². The van der Waals surface area contributed by atoms with Gasteiger partial charge in [0, 0.05) is 10.6 Å². The van der Waals surface area contributed by atoms with Crippen LogP contribution < -0.4 is 14.8 Å². The summed E-state index contributed by atoms with van der Waals surface area (Å²) in [4.78, 5) is 13.1. The zero-order valence-electron chi connectivity index (χ0n) is 12.3. The minimum Gasteiger partial charge on any atom is -0.486 e. The number of hydrogen-bond acceptors (Lipinski definition) is 5. The van der Waals surface area contributed by atoms with Gasteiger partial charge in [0.2, 0.25) is 5.91 Å². The molecule has 1 amide bonds. The van der Waals surface area contributed by atoms with E-state index in [0.29, 0.717) is 18.9 Å². The van der Waals surface area contributed by atoms with Gasteiger partial charge in [0.1, 0.15) is 12.7 Å². The molecule has 1 atom stereocenters. The van der Waals surface area contributed by atoms with Crippen molar-refractivity contribution in [1.29, 1.82) is 0 Å². The number of halogens is 1. The van der Waals surface area contributed by atoms with E-state index in [1.54, 1.807) is 23.1 Å². The second-order valence-electron chi connectivity index (χ2n) is 5.00. The van der Waals surface area contributed by atoms with Gasteiger partial charge in [-0.05, 0) is 24.3 Å². The molecule has 23 heavy (non-hydrogen) atoms. The second-order valence-corrected chi connectivity index (χ2v) is 7.79. The van der Waals surface area contributed by atoms with E-state index in [4.69, 9.17) is 21.1 Å². The summed E-state index contributed by atoms with van der Waals surface area (Å²) < 4.78 is 12.2. The van der Waals surface area contributed by atoms with Crippen LogP contribution in [0.5, 0.6) is 11.5 Å². The van der Waals surface area contributed by atoms with E-state index in [9.17, 15) is 4.79 Å². The van der Waals surface area contributed by atoms with Gasteiger partial charge in [-0.3, -0.25) is 4.79 Å². The number of thiophene rings is 1. The van der Waals surface area contributed by atoms with Crippen LogP contribution in [0.2, 0.25) is 4.34 Å². The number of para-hydroxylation sites is 2. The molecule has 1 aromatic carbocycles. The molecule has 0 radical (unpaired) electrons. The first-order valence-corrected chi connectivity index (χ1v) is 9.53. The maximum atomic E-state index is 11.9. The van der Waals surface area contributed by atoms with Crippen molar-refractivity contribution < 1.29 is 14.3 Å². The molecule has 1 N–H and O–H groups in total. The normalized spacial score (nSPS) is 16.1. The molecule has 1 aliphatic heterocycles. The number of rotatable bonds is 6. The quantitative estimate of drug-likeness (QED) is 0.845. The molecule has 0 aliphatic carbocycles. The highest BCUT2D eigenvalue weighted by atomic mass is 35.5. The third-order valence-corrected chi connectivity index (χ3v) is 5.60. The minimum absolute atomic E-state index is 0.000103. The summed E-state index contributed by atoms with van der Waals surface area (Å²) >= 11 is 8.99. The van der Waals surface area contributed by atoms with Crippen LogP contribution in [0.15, 0.2) is 36.4 Å². The van der Waals surface area contributed by atoms with Crippen molar-refractivity contribution in [2.24, 2.45) is 0 Å². The van der Waals surface area contributed by atoms with Crippen molar-refractivity contribution >= 4 is 40.6 Å². The molecular formula is C16H16ClNO3S2. The van der Waals surface area contributed by atoms with Gasteiger partial charge in [-0.25, -0.2) is 0 Å². The topological polar surface area (TPSA) is 47.6 Å². The first-order valence-electron chi connectivity index (χ1n) is 7.18. The van der Waals surface area contributed by atoms with E-state index >= 15 is 0 Å². The van der Waals surface area contributed by atoms with Gasteiger partial charge >= 0.3 is 0 Å². The highest BCUT2D eigenvalue weighted by Gasteiger charge is 2.20. The van der Waals surface area contributed by atoms with Crippen molar-refractivity contribution in [1.82, 2.24) is 5.32 Å². The Kier molecular flexibility index (Phi) is 5.70. The Morgan fingerprint density at radius 3 is 2.91 bits per heavy atom. The molecule has 3 rings (SSSR count). The SMILES string of the molecule is O=C(CSCc1ccc(Cl)s1)NC[C@H]1COc2ccccc2O1. The highest BCUT2D eigenvalue weighted by Crippen LogP contribution is 2.30. The Bertz CT molecular complexity index is 677. The molecule has 2 heterocycles. The molecule has 0 saturated heterocycles. The zero-order valence-corrected chi connectivity index (χ0v) is 14.7. The molecule has 4 nitrogen and oxygen atoms in total. The number of amides is 1. The molecule has 0 fully saturated rings. The summed E-state index contributed by atoms with van der Waals surface area (Å²) in [7, 11) is 0. The van der Waals surface area contributed by atoms with Crippen molar-refractivity contribution in [2.75, 3.05) is 18.9 Å². The summed E-state index contributed by atoms with van der Waals surface area (Å²) in [6.07, 6.45) is -0.157. The minimum atomic E-state index is -0.157. The number of ether oxygens (including phenoxy) is 2. The molecule has 122 valence electrons. The Morgan fingerprint density at radius 2 is 2.13 bits per heavy atom. The van der Waals surface area contributed by atoms with Gasteiger partial charge in [-0.1, -0.05) is 23.7 Å². The van der Waals surface area contributed by atoms with Crippen molar-refractivity contribution in [3.63, 3.8) is 0 Å². The molecule has 0 spiro atoms. The molecule has 0 bridgehead atoms. The number of benzene rings is 1. The van der Waals surface area contributed by atoms with Crippen LogP contribution in [-0.4, -0.2) is 30.9 Å². The van der Waals surface area contributed by atoms with Crippen LogP contribution in [0.3, 0.4) is 0 Å². The average molecular weight is 370 g/mol. The summed E-state index contributed by atoms with van der Waals surface area (Å²) in [5.74, 6) is 2.68. The Labute approximate surface area is 148 Å². The number of thioether (sulfide) groups is 1. The first-order chi connectivity index (χ1) is 11.2. The van der Waals surface area contributed by atoms with Gasteiger partial charge < -0.3 is 14.8 Å². The molecule has 1 aromatic heterocycles. The van der Waals surface area contributed by atoms with Crippen LogP contribution in [0.1, 0.15) is 4.88 Å². The van der Waals surface area contributed by atoms with Crippen molar-refractivity contribution in [2.45, 2.75) is 11.9 Å². The third-order valence-electron chi connectivity index (χ3n) is 3.20. The molecule has 0 saturated carbocycles. The number of fused-ring (bicyclic) bond motifs is 1. The molecule has 7 heteroatoms. The lowest BCUT2D eigenvalue weighted by molar-refractivity contribution is -0.119. The molecular weight excluding hydrogens is 354 g/mol. The second kappa shape index (κ2) is 7.95. The Hall–Kier alpha value is -1.37. The summed E-state index contributed by atoms with van der Waals surface area (Å²) in [5.41, 5.74) is 0. The first kappa shape index (κ1) is 16.5. The predicted molar refractivity (Wildman–Crippen MR) is 94.9 cm³/mol. The lowest BCUT2D eigenvalue weighted by Gasteiger charge is -2.26. The molecule has 2 aromatic rings. The number of carbonyl (C=O) groups excluding carboxylic acids is 1. The average Bonchev–Trinajstić information content (AvgIpc) is 2.98. The number of carbonyl (C=O) groups is 1. The third kappa shape index (κ3) is 4.80. The van der Waals surface area contributed by atoms with E-state index in [-0.39, 0.29) is 12.0 Å². The molecule has 0 unspecified atom stereocenters. The number of hydrogen-bond donors (Lipinski definition) is 1. The van der Waals surface area contributed by atoms with Gasteiger partial charge in [-0.15, -0.1) is 23.1 Å². The van der Waals surface area contributed by atoms with Crippen LogP contribution >= 0.6 is 34.7 Å². The van der Waals surface area contributed by atoms with E-state index in [1.807, 2.05) is 36.4 Å². The van der Waals surface area contributed by atoms with E-state index in [0.717, 1.165) is 21.6 Å². The lowest BCUT2D eigenvalue weighted by Crippen LogP contribution is -2.41. The fourth-order valence-corrected chi connectivity index (χ4v) is 4.17. The van der Waals surface area contributed by atoms with Crippen LogP contribution in [0.25, 0.3) is 0 Å². The van der Waals surface area contributed by atoms with Crippen LogP contribution in [-0.2, 0) is 10.5 Å². The number of nitrogens with one attached hydrogen (secondary N) is 1. The lowest BCUT2D eigenvalue weighted by atomic mass is 10.2. The van der Waals surface area contributed by atoms with Crippen molar-refractivity contribution in [3.8, 4) is 11.5 Å². The van der Waals surface area contributed by atoms with E-state index in [2.05, 4.69) is 5.32 Å². The van der Waals surface area contributed by atoms with Gasteiger partial charge in [-0.2, -0.15) is 0 Å². The van der Waals surface area contributed by atoms with Crippen LogP contribution in [0, 0.1) is 0 Å². The maximum absolute atomic E-state index is 11.9. The smallest absolute Gasteiger partial charge is 0.230 e. The largest absolute Gasteiger partial charge is 0.486 e.